The van der Waals surface area contributed by atoms with Gasteiger partial charge in [0, 0.05) is 26.1 Å². The van der Waals surface area contributed by atoms with Crippen molar-refractivity contribution in [1.82, 2.24) is 34.5 Å². The number of hydrogen-bond acceptors (Lipinski definition) is 6. The lowest BCUT2D eigenvalue weighted by Crippen LogP contribution is -2.12. The molecular weight excluding hydrogens is 328 g/mol. The molecule has 0 bridgehead atoms. The van der Waals surface area contributed by atoms with E-state index in [1.807, 2.05) is 36.5 Å². The monoisotopic (exact) mass is 354 g/mol. The normalized spacial score (nSPS) is 15.2. The van der Waals surface area contributed by atoms with Crippen LogP contribution in [0, 0.1) is 13.8 Å². The van der Waals surface area contributed by atoms with E-state index in [1.165, 1.54) is 25.7 Å². The summed E-state index contributed by atoms with van der Waals surface area (Å²) in [7, 11) is 1.94. The van der Waals surface area contributed by atoms with Crippen LogP contribution in [0.2, 0.25) is 0 Å². The first kappa shape index (κ1) is 16.9. The molecule has 4 rings (SSSR count). The van der Waals surface area contributed by atoms with E-state index < -0.39 is 0 Å². The fraction of sp³-hybridized carbons (Fsp3) is 0.611. The van der Waals surface area contributed by atoms with Crippen LogP contribution < -0.4 is 5.32 Å². The average Bonchev–Trinajstić information content (AvgIpc) is 3.33. The Labute approximate surface area is 153 Å². The van der Waals surface area contributed by atoms with Crippen molar-refractivity contribution in [3.8, 4) is 0 Å². The Morgan fingerprint density at radius 3 is 2.69 bits per heavy atom. The lowest BCUT2D eigenvalue weighted by atomic mass is 10.1. The zero-order chi connectivity index (χ0) is 18.1. The molecule has 1 aliphatic carbocycles. The van der Waals surface area contributed by atoms with Crippen LogP contribution in [0.25, 0.3) is 11.0 Å². The molecule has 0 spiro atoms. The number of hydrogen-bond donors (Lipinski definition) is 1. The third-order valence-electron chi connectivity index (χ3n) is 5.13. The molecule has 1 fully saturated rings. The summed E-state index contributed by atoms with van der Waals surface area (Å²) in [4.78, 5) is 14.0. The first-order chi connectivity index (χ1) is 12.6. The summed E-state index contributed by atoms with van der Waals surface area (Å²) < 4.78 is 3.79. The molecule has 3 aromatic rings. The van der Waals surface area contributed by atoms with Crippen molar-refractivity contribution < 1.29 is 0 Å². The van der Waals surface area contributed by atoms with Crippen LogP contribution in [0.15, 0.2) is 6.20 Å². The molecule has 3 heterocycles. The zero-order valence-corrected chi connectivity index (χ0v) is 15.7. The molecule has 8 nitrogen and oxygen atoms in total. The predicted octanol–water partition coefficient (Wildman–Crippen LogP) is 2.73. The molecule has 0 unspecified atom stereocenters. The Hall–Kier alpha value is -2.51. The van der Waals surface area contributed by atoms with Gasteiger partial charge in [0.2, 0.25) is 0 Å². The summed E-state index contributed by atoms with van der Waals surface area (Å²) >= 11 is 0. The average molecular weight is 354 g/mol. The SMILES string of the molecule is Cc1nc(C)n(CCCNc2nc(C3CCCC3)nc3c2cnn3C)n1. The molecule has 1 saturated carbocycles. The second-order valence-electron chi connectivity index (χ2n) is 7.13. The van der Waals surface area contributed by atoms with E-state index >= 15 is 0 Å². The van der Waals surface area contributed by atoms with Gasteiger partial charge in [-0.25, -0.2) is 15.0 Å². The van der Waals surface area contributed by atoms with Gasteiger partial charge in [-0.3, -0.25) is 9.36 Å². The molecule has 0 amide bonds. The smallest absolute Gasteiger partial charge is 0.163 e. The van der Waals surface area contributed by atoms with E-state index in [0.29, 0.717) is 5.92 Å². The minimum atomic E-state index is 0.482. The van der Waals surface area contributed by atoms with Crippen LogP contribution in [0.5, 0.6) is 0 Å². The number of nitrogens with one attached hydrogen (secondary N) is 1. The van der Waals surface area contributed by atoms with Crippen LogP contribution in [0.4, 0.5) is 5.82 Å². The molecule has 3 aromatic heterocycles. The fourth-order valence-corrected chi connectivity index (χ4v) is 3.75. The highest BCUT2D eigenvalue weighted by atomic mass is 15.3. The van der Waals surface area contributed by atoms with Crippen LogP contribution in [-0.2, 0) is 13.6 Å². The Bertz CT molecular complexity index is 903. The summed E-state index contributed by atoms with van der Waals surface area (Å²) in [5.41, 5.74) is 0.909. The standard InChI is InChI=1S/C18H26N8/c1-12-21-13(2)26(24-12)10-6-9-19-17-15-11-20-25(3)18(15)23-16(22-17)14-7-4-5-8-14/h11,14H,4-10H2,1-3H3,(H,19,22,23). The topological polar surface area (TPSA) is 86.3 Å². The van der Waals surface area contributed by atoms with Crippen LogP contribution >= 0.6 is 0 Å². The molecule has 0 radical (unpaired) electrons. The Morgan fingerprint density at radius 2 is 1.96 bits per heavy atom. The summed E-state index contributed by atoms with van der Waals surface area (Å²) in [6.07, 6.45) is 7.73. The minimum absolute atomic E-state index is 0.482. The summed E-state index contributed by atoms with van der Waals surface area (Å²) in [6, 6.07) is 0. The van der Waals surface area contributed by atoms with E-state index in [1.54, 1.807) is 0 Å². The van der Waals surface area contributed by atoms with E-state index in [2.05, 4.69) is 20.5 Å². The van der Waals surface area contributed by atoms with Gasteiger partial charge in [0.15, 0.2) is 5.65 Å². The number of rotatable bonds is 6. The van der Waals surface area contributed by atoms with Gasteiger partial charge in [0.1, 0.15) is 23.3 Å². The number of aromatic nitrogens is 7. The molecule has 26 heavy (non-hydrogen) atoms. The molecule has 0 aliphatic heterocycles. The maximum Gasteiger partial charge on any atom is 0.163 e. The van der Waals surface area contributed by atoms with Gasteiger partial charge < -0.3 is 5.32 Å². The molecule has 8 heteroatoms. The second kappa shape index (κ2) is 7.01. The molecule has 138 valence electrons. The molecule has 0 saturated heterocycles. The number of aryl methyl sites for hydroxylation is 4. The van der Waals surface area contributed by atoms with Crippen molar-refractivity contribution in [2.24, 2.45) is 7.05 Å². The summed E-state index contributed by atoms with van der Waals surface area (Å²) in [5, 5.41) is 13.3. The third-order valence-corrected chi connectivity index (χ3v) is 5.13. The second-order valence-corrected chi connectivity index (χ2v) is 7.13. The van der Waals surface area contributed by atoms with Gasteiger partial charge in [-0.2, -0.15) is 10.2 Å². The summed E-state index contributed by atoms with van der Waals surface area (Å²) in [5.74, 6) is 4.13. The van der Waals surface area contributed by atoms with Gasteiger partial charge in [-0.15, -0.1) is 0 Å². The number of anilines is 1. The Morgan fingerprint density at radius 1 is 1.15 bits per heavy atom. The minimum Gasteiger partial charge on any atom is -0.369 e. The number of fused-ring (bicyclic) bond motifs is 1. The van der Waals surface area contributed by atoms with E-state index in [-0.39, 0.29) is 0 Å². The third kappa shape index (κ3) is 3.27. The highest BCUT2D eigenvalue weighted by molar-refractivity contribution is 5.86. The van der Waals surface area contributed by atoms with Crippen LogP contribution in [0.1, 0.15) is 55.5 Å². The molecular formula is C18H26N8. The van der Waals surface area contributed by atoms with Crippen LogP contribution in [-0.4, -0.2) is 41.1 Å². The largest absolute Gasteiger partial charge is 0.369 e. The molecule has 0 aromatic carbocycles. The highest BCUT2D eigenvalue weighted by Gasteiger charge is 2.22. The van der Waals surface area contributed by atoms with Crippen molar-refractivity contribution >= 4 is 16.9 Å². The molecule has 1 aliphatic rings. The summed E-state index contributed by atoms with van der Waals surface area (Å²) in [6.45, 7) is 5.58. The van der Waals surface area contributed by atoms with Crippen LogP contribution in [0.3, 0.4) is 0 Å². The fourth-order valence-electron chi connectivity index (χ4n) is 3.75. The Kier molecular flexibility index (Phi) is 4.57. The lowest BCUT2D eigenvalue weighted by Gasteiger charge is -2.12. The van der Waals surface area contributed by atoms with Crippen molar-refractivity contribution in [1.29, 1.82) is 0 Å². The van der Waals surface area contributed by atoms with E-state index in [9.17, 15) is 0 Å². The highest BCUT2D eigenvalue weighted by Crippen LogP contribution is 2.34. The van der Waals surface area contributed by atoms with Gasteiger partial charge in [-0.1, -0.05) is 12.8 Å². The molecule has 0 atom stereocenters. The van der Waals surface area contributed by atoms with Crippen molar-refractivity contribution in [3.63, 3.8) is 0 Å². The lowest BCUT2D eigenvalue weighted by molar-refractivity contribution is 0.571. The van der Waals surface area contributed by atoms with Crippen molar-refractivity contribution in [2.45, 2.75) is 58.4 Å². The quantitative estimate of drug-likeness (QED) is 0.685. The van der Waals surface area contributed by atoms with Crippen molar-refractivity contribution in [3.05, 3.63) is 23.7 Å². The first-order valence-electron chi connectivity index (χ1n) is 9.43. The number of nitrogens with zero attached hydrogens (tertiary/aromatic N) is 7. The van der Waals surface area contributed by atoms with E-state index in [4.69, 9.17) is 9.97 Å². The van der Waals surface area contributed by atoms with Gasteiger partial charge in [0.05, 0.1) is 11.6 Å². The maximum atomic E-state index is 4.85. The Balaban J connectivity index is 1.48. The van der Waals surface area contributed by atoms with E-state index in [0.717, 1.165) is 53.8 Å². The van der Waals surface area contributed by atoms with Gasteiger partial charge in [-0.05, 0) is 33.1 Å². The predicted molar refractivity (Wildman–Crippen MR) is 100 cm³/mol. The van der Waals surface area contributed by atoms with Crippen molar-refractivity contribution in [2.75, 3.05) is 11.9 Å². The zero-order valence-electron chi connectivity index (χ0n) is 15.7. The van der Waals surface area contributed by atoms with Gasteiger partial charge >= 0.3 is 0 Å². The first-order valence-corrected chi connectivity index (χ1v) is 9.43. The van der Waals surface area contributed by atoms with Gasteiger partial charge in [0.25, 0.3) is 0 Å². The molecule has 1 N–H and O–H groups in total. The maximum absolute atomic E-state index is 4.85.